The summed E-state index contributed by atoms with van der Waals surface area (Å²) < 4.78 is 5.27. The molecule has 0 bridgehead atoms. The molecule has 94 valence electrons. The molecule has 17 heavy (non-hydrogen) atoms. The van der Waals surface area contributed by atoms with E-state index in [0.29, 0.717) is 15.8 Å². The maximum absolute atomic E-state index is 9.62. The number of hydrogen-bond donors (Lipinski definition) is 2. The lowest BCUT2D eigenvalue weighted by Gasteiger charge is -2.15. The summed E-state index contributed by atoms with van der Waals surface area (Å²) in [5.41, 5.74) is 0. The topological polar surface area (TPSA) is 49.7 Å². The first kappa shape index (κ1) is 13.5. The molecule has 0 saturated carbocycles. The van der Waals surface area contributed by atoms with Gasteiger partial charge < -0.3 is 14.9 Å². The molecule has 1 heterocycles. The second-order valence-corrected chi connectivity index (χ2v) is 5.64. The van der Waals surface area contributed by atoms with Crippen molar-refractivity contribution in [2.24, 2.45) is 0 Å². The van der Waals surface area contributed by atoms with Crippen molar-refractivity contribution in [3.8, 4) is 0 Å². The monoisotopic (exact) mass is 294 g/mol. The van der Waals surface area contributed by atoms with Gasteiger partial charge in [0.15, 0.2) is 0 Å². The van der Waals surface area contributed by atoms with Crippen molar-refractivity contribution in [1.29, 1.82) is 0 Å². The number of benzene rings is 1. The number of ether oxygens (including phenoxy) is 1. The third kappa shape index (κ3) is 3.08. The minimum Gasteiger partial charge on any atom is -0.388 e. The van der Waals surface area contributed by atoms with Crippen molar-refractivity contribution in [3.05, 3.63) is 28.2 Å². The van der Waals surface area contributed by atoms with Crippen LogP contribution in [0.3, 0.4) is 0 Å². The molecule has 1 aliphatic rings. The molecule has 3 atom stereocenters. The summed E-state index contributed by atoms with van der Waals surface area (Å²) in [5, 5.41) is 20.1. The van der Waals surface area contributed by atoms with Gasteiger partial charge in [-0.3, -0.25) is 0 Å². The molecule has 6 heteroatoms. The lowest BCUT2D eigenvalue weighted by molar-refractivity contribution is 0.0337. The Morgan fingerprint density at radius 1 is 1.29 bits per heavy atom. The first-order valence-electron chi connectivity index (χ1n) is 5.14. The Bertz CT molecular complexity index is 382. The van der Waals surface area contributed by atoms with E-state index in [9.17, 15) is 10.2 Å². The van der Waals surface area contributed by atoms with Gasteiger partial charge in [0.05, 0.1) is 22.8 Å². The van der Waals surface area contributed by atoms with Crippen molar-refractivity contribution in [2.45, 2.75) is 23.2 Å². The van der Waals surface area contributed by atoms with Crippen molar-refractivity contribution in [3.63, 3.8) is 0 Å². The molecule has 0 amide bonds. The van der Waals surface area contributed by atoms with Crippen LogP contribution < -0.4 is 0 Å². The van der Waals surface area contributed by atoms with Gasteiger partial charge in [0.2, 0.25) is 0 Å². The Morgan fingerprint density at radius 3 is 2.47 bits per heavy atom. The van der Waals surface area contributed by atoms with Crippen molar-refractivity contribution in [2.75, 3.05) is 12.4 Å². The van der Waals surface area contributed by atoms with Crippen LogP contribution in [-0.4, -0.2) is 40.9 Å². The van der Waals surface area contributed by atoms with Gasteiger partial charge in [-0.05, 0) is 12.1 Å². The van der Waals surface area contributed by atoms with Gasteiger partial charge in [0.25, 0.3) is 0 Å². The van der Waals surface area contributed by atoms with Gasteiger partial charge >= 0.3 is 0 Å². The van der Waals surface area contributed by atoms with Crippen LogP contribution in [0.1, 0.15) is 0 Å². The summed E-state index contributed by atoms with van der Waals surface area (Å²) in [6.07, 6.45) is -2.03. The molecule has 0 aromatic heterocycles. The molecule has 1 aromatic rings. The highest BCUT2D eigenvalue weighted by Gasteiger charge is 2.34. The molecule has 1 saturated heterocycles. The minimum atomic E-state index is -0.844. The molecular weight excluding hydrogens is 283 g/mol. The van der Waals surface area contributed by atoms with E-state index in [1.54, 1.807) is 18.2 Å². The second-order valence-electron chi connectivity index (χ2n) is 3.79. The first-order valence-corrected chi connectivity index (χ1v) is 6.88. The summed E-state index contributed by atoms with van der Waals surface area (Å²) >= 11 is 13.5. The van der Waals surface area contributed by atoms with Crippen LogP contribution in [0, 0.1) is 0 Å². The standard InChI is InChI=1S/C11H12Cl2O3S/c12-6-2-1-3-7(13)11(6)17-5-9-10(15)8(14)4-16-9/h1-3,8-10,14-15H,4-5H2. The van der Waals surface area contributed by atoms with Gasteiger partial charge in [-0.25, -0.2) is 0 Å². The molecule has 2 rings (SSSR count). The second kappa shape index (κ2) is 5.78. The fourth-order valence-corrected chi connectivity index (χ4v) is 3.36. The van der Waals surface area contributed by atoms with Crippen molar-refractivity contribution < 1.29 is 14.9 Å². The minimum absolute atomic E-state index is 0.169. The van der Waals surface area contributed by atoms with Crippen molar-refractivity contribution >= 4 is 35.0 Å². The van der Waals surface area contributed by atoms with Gasteiger partial charge in [-0.2, -0.15) is 0 Å². The SMILES string of the molecule is OC1COC(CSc2c(Cl)cccc2Cl)C1O. The number of thioether (sulfide) groups is 1. The zero-order chi connectivity index (χ0) is 12.4. The van der Waals surface area contributed by atoms with Crippen LogP contribution in [0.25, 0.3) is 0 Å². The number of aliphatic hydroxyl groups excluding tert-OH is 2. The third-order valence-electron chi connectivity index (χ3n) is 2.57. The molecule has 2 N–H and O–H groups in total. The van der Waals surface area contributed by atoms with Crippen LogP contribution in [-0.2, 0) is 4.74 Å². The Kier molecular flexibility index (Phi) is 4.58. The summed E-state index contributed by atoms with van der Waals surface area (Å²) in [7, 11) is 0. The van der Waals surface area contributed by atoms with Crippen LogP contribution in [0.4, 0.5) is 0 Å². The third-order valence-corrected chi connectivity index (χ3v) is 4.64. The summed E-state index contributed by atoms with van der Waals surface area (Å²) in [6, 6.07) is 5.30. The number of rotatable bonds is 3. The van der Waals surface area contributed by atoms with Gasteiger partial charge in [-0.15, -0.1) is 11.8 Å². The van der Waals surface area contributed by atoms with E-state index >= 15 is 0 Å². The molecule has 1 aliphatic heterocycles. The molecule has 3 nitrogen and oxygen atoms in total. The fraction of sp³-hybridized carbons (Fsp3) is 0.455. The van der Waals surface area contributed by atoms with Gasteiger partial charge in [0.1, 0.15) is 12.2 Å². The summed E-state index contributed by atoms with van der Waals surface area (Å²) in [6.45, 7) is 0.169. The highest BCUT2D eigenvalue weighted by molar-refractivity contribution is 7.99. The van der Waals surface area contributed by atoms with E-state index < -0.39 is 12.2 Å². The molecule has 0 aliphatic carbocycles. The zero-order valence-corrected chi connectivity index (χ0v) is 11.2. The quantitative estimate of drug-likeness (QED) is 0.839. The molecule has 1 fully saturated rings. The van der Waals surface area contributed by atoms with E-state index in [4.69, 9.17) is 27.9 Å². The van der Waals surface area contributed by atoms with E-state index in [1.807, 2.05) is 0 Å². The Hall–Kier alpha value is 0.0300. The van der Waals surface area contributed by atoms with Crippen LogP contribution in [0.15, 0.2) is 23.1 Å². The average Bonchev–Trinajstić information content (AvgIpc) is 2.60. The Morgan fingerprint density at radius 2 is 1.94 bits per heavy atom. The van der Waals surface area contributed by atoms with Crippen LogP contribution in [0.5, 0.6) is 0 Å². The van der Waals surface area contributed by atoms with Gasteiger partial charge in [0, 0.05) is 10.6 Å². The Balaban J connectivity index is 1.99. The predicted molar refractivity (Wildman–Crippen MR) is 68.9 cm³/mol. The van der Waals surface area contributed by atoms with Gasteiger partial charge in [-0.1, -0.05) is 29.3 Å². The van der Waals surface area contributed by atoms with E-state index in [0.717, 1.165) is 4.90 Å². The maximum atomic E-state index is 9.62. The average molecular weight is 295 g/mol. The molecule has 1 aromatic carbocycles. The number of aliphatic hydroxyl groups is 2. The maximum Gasteiger partial charge on any atom is 0.109 e. The first-order chi connectivity index (χ1) is 8.09. The van der Waals surface area contributed by atoms with E-state index in [-0.39, 0.29) is 12.7 Å². The lowest BCUT2D eigenvalue weighted by Crippen LogP contribution is -2.31. The predicted octanol–water partition coefficient (Wildman–Crippen LogP) is 2.21. The van der Waals surface area contributed by atoms with E-state index in [2.05, 4.69) is 0 Å². The summed E-state index contributed by atoms with van der Waals surface area (Å²) in [4.78, 5) is 0.771. The van der Waals surface area contributed by atoms with Crippen LogP contribution in [0.2, 0.25) is 10.0 Å². The highest BCUT2D eigenvalue weighted by Crippen LogP contribution is 2.35. The molecule has 0 spiro atoms. The van der Waals surface area contributed by atoms with Crippen LogP contribution >= 0.6 is 35.0 Å². The zero-order valence-electron chi connectivity index (χ0n) is 8.85. The Labute approximate surface area is 114 Å². The lowest BCUT2D eigenvalue weighted by atomic mass is 10.2. The summed E-state index contributed by atoms with van der Waals surface area (Å²) in [5.74, 6) is 0.502. The molecule has 3 unspecified atom stereocenters. The molecule has 0 radical (unpaired) electrons. The van der Waals surface area contributed by atoms with Crippen molar-refractivity contribution in [1.82, 2.24) is 0 Å². The van der Waals surface area contributed by atoms with E-state index in [1.165, 1.54) is 11.8 Å². The highest BCUT2D eigenvalue weighted by atomic mass is 35.5. The fourth-order valence-electron chi connectivity index (χ4n) is 1.60. The normalized spacial score (nSPS) is 28.6. The number of halogens is 2. The number of hydrogen-bond acceptors (Lipinski definition) is 4. The largest absolute Gasteiger partial charge is 0.388 e. The smallest absolute Gasteiger partial charge is 0.109 e. The molecular formula is C11H12Cl2O3S.